The van der Waals surface area contributed by atoms with E-state index in [-0.39, 0.29) is 17.5 Å². The van der Waals surface area contributed by atoms with E-state index >= 15 is 0 Å². The molecule has 1 aliphatic rings. The minimum absolute atomic E-state index is 0.127. The molecule has 1 heterocycles. The molecule has 0 unspecified atom stereocenters. The molecular formula is C12H15NO3. The average molecular weight is 221 g/mol. The average Bonchev–Trinajstić information content (AvgIpc) is 2.31. The lowest BCUT2D eigenvalue weighted by atomic mass is 9.98. The van der Waals surface area contributed by atoms with Gasteiger partial charge in [0.1, 0.15) is 11.7 Å². The van der Waals surface area contributed by atoms with Crippen LogP contribution in [0.4, 0.5) is 0 Å². The largest absolute Gasteiger partial charge is 0.477 e. The highest BCUT2D eigenvalue weighted by molar-refractivity contribution is 5.90. The zero-order valence-electron chi connectivity index (χ0n) is 9.06. The van der Waals surface area contributed by atoms with Gasteiger partial charge in [-0.15, -0.1) is 0 Å². The molecule has 4 heteroatoms. The molecule has 2 rings (SSSR count). The molecule has 1 aromatic rings. The molecule has 0 amide bonds. The molecular weight excluding hydrogens is 206 g/mol. The Balaban J connectivity index is 2.10. The lowest BCUT2D eigenvalue weighted by Crippen LogP contribution is -2.21. The van der Waals surface area contributed by atoms with Gasteiger partial charge in [-0.3, -0.25) is 0 Å². The molecule has 1 saturated carbocycles. The molecule has 16 heavy (non-hydrogen) atoms. The summed E-state index contributed by atoms with van der Waals surface area (Å²) in [5.74, 6) is -0.735. The maximum absolute atomic E-state index is 10.9. The summed E-state index contributed by atoms with van der Waals surface area (Å²) in [4.78, 5) is 14.9. The number of nitrogens with zero attached hydrogens (tertiary/aromatic N) is 1. The van der Waals surface area contributed by atoms with Crippen LogP contribution in [0.15, 0.2) is 18.3 Å². The monoisotopic (exact) mass is 221 g/mol. The Kier molecular flexibility index (Phi) is 3.39. The summed E-state index contributed by atoms with van der Waals surface area (Å²) in [6.07, 6.45) is 7.23. The van der Waals surface area contributed by atoms with Crippen molar-refractivity contribution in [3.8, 4) is 5.88 Å². The molecule has 0 radical (unpaired) electrons. The predicted molar refractivity (Wildman–Crippen MR) is 58.7 cm³/mol. The fraction of sp³-hybridized carbons (Fsp3) is 0.500. The van der Waals surface area contributed by atoms with Gasteiger partial charge >= 0.3 is 5.97 Å². The molecule has 0 atom stereocenters. The van der Waals surface area contributed by atoms with Gasteiger partial charge < -0.3 is 9.84 Å². The Bertz CT molecular complexity index is 372. The van der Waals surface area contributed by atoms with Gasteiger partial charge in [0.15, 0.2) is 0 Å². The highest BCUT2D eigenvalue weighted by Crippen LogP contribution is 2.24. The Labute approximate surface area is 94.3 Å². The van der Waals surface area contributed by atoms with Crippen LogP contribution in [0.25, 0.3) is 0 Å². The van der Waals surface area contributed by atoms with Crippen LogP contribution in [0, 0.1) is 0 Å². The fourth-order valence-electron chi connectivity index (χ4n) is 1.99. The van der Waals surface area contributed by atoms with E-state index in [1.807, 2.05) is 0 Å². The number of carbonyl (C=O) groups is 1. The van der Waals surface area contributed by atoms with Crippen molar-refractivity contribution in [3.05, 3.63) is 23.9 Å². The molecule has 0 aliphatic heterocycles. The van der Waals surface area contributed by atoms with Crippen LogP contribution in [0.1, 0.15) is 42.5 Å². The summed E-state index contributed by atoms with van der Waals surface area (Å²) < 4.78 is 5.66. The summed E-state index contributed by atoms with van der Waals surface area (Å²) in [5.41, 5.74) is 0.146. The lowest BCUT2D eigenvalue weighted by molar-refractivity contribution is 0.0684. The number of carboxylic acids is 1. The van der Waals surface area contributed by atoms with Crippen molar-refractivity contribution < 1.29 is 14.6 Å². The number of aromatic carboxylic acids is 1. The quantitative estimate of drug-likeness (QED) is 0.851. The van der Waals surface area contributed by atoms with E-state index in [0.717, 1.165) is 25.7 Å². The second-order valence-corrected chi connectivity index (χ2v) is 4.04. The SMILES string of the molecule is O=C(O)c1cccnc1OC1CCCCC1. The van der Waals surface area contributed by atoms with Crippen molar-refractivity contribution in [1.82, 2.24) is 4.98 Å². The summed E-state index contributed by atoms with van der Waals surface area (Å²) in [7, 11) is 0. The van der Waals surface area contributed by atoms with E-state index in [1.165, 1.54) is 12.5 Å². The molecule has 86 valence electrons. The van der Waals surface area contributed by atoms with Crippen molar-refractivity contribution in [2.24, 2.45) is 0 Å². The van der Waals surface area contributed by atoms with Crippen LogP contribution in [0.5, 0.6) is 5.88 Å². The first-order valence-corrected chi connectivity index (χ1v) is 5.62. The number of hydrogen-bond donors (Lipinski definition) is 1. The van der Waals surface area contributed by atoms with Crippen LogP contribution in [0.2, 0.25) is 0 Å². The molecule has 0 spiro atoms. The molecule has 1 aliphatic carbocycles. The van der Waals surface area contributed by atoms with Gasteiger partial charge in [0.25, 0.3) is 0 Å². The maximum Gasteiger partial charge on any atom is 0.341 e. The standard InChI is InChI=1S/C12H15NO3/c14-12(15)10-7-4-8-13-11(10)16-9-5-2-1-3-6-9/h4,7-9H,1-3,5-6H2,(H,14,15). The molecule has 0 aromatic carbocycles. The Morgan fingerprint density at radius 3 is 2.81 bits per heavy atom. The molecule has 1 fully saturated rings. The highest BCUT2D eigenvalue weighted by atomic mass is 16.5. The van der Waals surface area contributed by atoms with Gasteiger partial charge in [0, 0.05) is 6.20 Å². The van der Waals surface area contributed by atoms with Gasteiger partial charge in [-0.1, -0.05) is 6.42 Å². The third-order valence-electron chi connectivity index (χ3n) is 2.83. The first-order chi connectivity index (χ1) is 7.77. The van der Waals surface area contributed by atoms with E-state index in [0.29, 0.717) is 0 Å². The maximum atomic E-state index is 10.9. The minimum atomic E-state index is -0.987. The number of rotatable bonds is 3. The first-order valence-electron chi connectivity index (χ1n) is 5.62. The summed E-state index contributed by atoms with van der Waals surface area (Å²) in [6.45, 7) is 0. The molecule has 1 aromatic heterocycles. The van der Waals surface area contributed by atoms with Crippen LogP contribution >= 0.6 is 0 Å². The third kappa shape index (κ3) is 2.51. The highest BCUT2D eigenvalue weighted by Gasteiger charge is 2.19. The normalized spacial score (nSPS) is 17.0. The third-order valence-corrected chi connectivity index (χ3v) is 2.83. The number of carboxylic acid groups (broad SMARTS) is 1. The number of aromatic nitrogens is 1. The van der Waals surface area contributed by atoms with Crippen molar-refractivity contribution in [2.75, 3.05) is 0 Å². The molecule has 0 bridgehead atoms. The topological polar surface area (TPSA) is 59.4 Å². The molecule has 1 N–H and O–H groups in total. The summed E-state index contributed by atoms with van der Waals surface area (Å²) in [5, 5.41) is 8.98. The Morgan fingerprint density at radius 2 is 2.12 bits per heavy atom. The smallest absolute Gasteiger partial charge is 0.341 e. The number of hydrogen-bond acceptors (Lipinski definition) is 3. The summed E-state index contributed by atoms with van der Waals surface area (Å²) in [6, 6.07) is 3.13. The van der Waals surface area contributed by atoms with Crippen LogP contribution < -0.4 is 4.74 Å². The van der Waals surface area contributed by atoms with Gasteiger partial charge in [-0.05, 0) is 37.8 Å². The second kappa shape index (κ2) is 4.96. The van der Waals surface area contributed by atoms with Gasteiger partial charge in [-0.25, -0.2) is 9.78 Å². The zero-order valence-corrected chi connectivity index (χ0v) is 9.06. The summed E-state index contributed by atoms with van der Waals surface area (Å²) >= 11 is 0. The van der Waals surface area contributed by atoms with E-state index in [9.17, 15) is 4.79 Å². The first kappa shape index (κ1) is 10.9. The van der Waals surface area contributed by atoms with Crippen molar-refractivity contribution >= 4 is 5.97 Å². The lowest BCUT2D eigenvalue weighted by Gasteiger charge is -2.22. The Hall–Kier alpha value is -1.58. The van der Waals surface area contributed by atoms with E-state index in [2.05, 4.69) is 4.98 Å². The molecule has 4 nitrogen and oxygen atoms in total. The zero-order chi connectivity index (χ0) is 11.4. The van der Waals surface area contributed by atoms with E-state index < -0.39 is 5.97 Å². The van der Waals surface area contributed by atoms with Gasteiger partial charge in [0.2, 0.25) is 5.88 Å². The van der Waals surface area contributed by atoms with Crippen molar-refractivity contribution in [2.45, 2.75) is 38.2 Å². The fourth-order valence-corrected chi connectivity index (χ4v) is 1.99. The number of ether oxygens (including phenoxy) is 1. The van der Waals surface area contributed by atoms with Crippen LogP contribution in [-0.4, -0.2) is 22.2 Å². The predicted octanol–water partition coefficient (Wildman–Crippen LogP) is 2.49. The van der Waals surface area contributed by atoms with Crippen molar-refractivity contribution in [1.29, 1.82) is 0 Å². The van der Waals surface area contributed by atoms with Crippen LogP contribution in [-0.2, 0) is 0 Å². The number of pyridine rings is 1. The second-order valence-electron chi connectivity index (χ2n) is 4.04. The Morgan fingerprint density at radius 1 is 1.38 bits per heavy atom. The van der Waals surface area contributed by atoms with Crippen molar-refractivity contribution in [3.63, 3.8) is 0 Å². The van der Waals surface area contributed by atoms with Gasteiger partial charge in [0.05, 0.1) is 0 Å². The van der Waals surface area contributed by atoms with Crippen LogP contribution in [0.3, 0.4) is 0 Å². The van der Waals surface area contributed by atoms with E-state index in [4.69, 9.17) is 9.84 Å². The van der Waals surface area contributed by atoms with E-state index in [1.54, 1.807) is 12.3 Å². The molecule has 0 saturated heterocycles. The minimum Gasteiger partial charge on any atom is -0.477 e. The van der Waals surface area contributed by atoms with Gasteiger partial charge in [-0.2, -0.15) is 0 Å².